The third-order valence-corrected chi connectivity index (χ3v) is 7.48. The van der Waals surface area contributed by atoms with Gasteiger partial charge in [-0.25, -0.2) is 8.42 Å². The summed E-state index contributed by atoms with van der Waals surface area (Å²) >= 11 is 2.57. The van der Waals surface area contributed by atoms with Gasteiger partial charge in [-0.2, -0.15) is 0 Å². The van der Waals surface area contributed by atoms with Gasteiger partial charge in [0.1, 0.15) is 10.8 Å². The van der Waals surface area contributed by atoms with Crippen LogP contribution in [0.3, 0.4) is 0 Å². The Morgan fingerprint density at radius 1 is 1.10 bits per heavy atom. The van der Waals surface area contributed by atoms with Crippen LogP contribution in [0, 0.1) is 0 Å². The monoisotopic (exact) mass is 449 g/mol. The Bertz CT molecular complexity index is 1070. The van der Waals surface area contributed by atoms with E-state index in [1.54, 1.807) is 37.4 Å². The van der Waals surface area contributed by atoms with Crippen LogP contribution < -0.4 is 5.32 Å². The molecule has 0 spiro atoms. The number of benzene rings is 2. The Kier molecular flexibility index (Phi) is 7.37. The summed E-state index contributed by atoms with van der Waals surface area (Å²) in [6, 6.07) is 15.4. The van der Waals surface area contributed by atoms with E-state index >= 15 is 0 Å². The van der Waals surface area contributed by atoms with Crippen LogP contribution in [-0.2, 0) is 20.3 Å². The van der Waals surface area contributed by atoms with Gasteiger partial charge < -0.3 is 4.74 Å². The molecule has 0 atom stereocenters. The fourth-order valence-electron chi connectivity index (χ4n) is 2.42. The number of methoxy groups -OCH3 is 1. The van der Waals surface area contributed by atoms with E-state index in [0.717, 1.165) is 22.0 Å². The van der Waals surface area contributed by atoms with Crippen molar-refractivity contribution in [3.05, 3.63) is 65.2 Å². The molecule has 0 bridgehead atoms. The third-order valence-electron chi connectivity index (χ3n) is 3.78. The van der Waals surface area contributed by atoms with Gasteiger partial charge in [-0.1, -0.05) is 41.7 Å². The number of hydrogen-bond acceptors (Lipinski definition) is 8. The van der Waals surface area contributed by atoms with Crippen molar-refractivity contribution in [2.75, 3.05) is 24.8 Å². The lowest BCUT2D eigenvalue weighted by Crippen LogP contribution is -2.13. The number of sulfone groups is 1. The van der Waals surface area contributed by atoms with Crippen LogP contribution in [0.25, 0.3) is 0 Å². The number of anilines is 1. The molecule has 3 aromatic rings. The highest BCUT2D eigenvalue weighted by Crippen LogP contribution is 2.25. The van der Waals surface area contributed by atoms with Gasteiger partial charge in [0.2, 0.25) is 5.13 Å². The lowest BCUT2D eigenvalue weighted by atomic mass is 10.2. The molecule has 1 amide bonds. The first-order valence-corrected chi connectivity index (χ1v) is 12.1. The van der Waals surface area contributed by atoms with Crippen molar-refractivity contribution in [2.24, 2.45) is 0 Å². The summed E-state index contributed by atoms with van der Waals surface area (Å²) in [6.45, 7) is 0.580. The number of amides is 1. The van der Waals surface area contributed by atoms with E-state index < -0.39 is 9.84 Å². The van der Waals surface area contributed by atoms with Crippen LogP contribution in [0.1, 0.15) is 15.4 Å². The Balaban J connectivity index is 1.68. The smallest absolute Gasteiger partial charge is 0.258 e. The van der Waals surface area contributed by atoms with E-state index in [9.17, 15) is 13.2 Å². The average molecular weight is 450 g/mol. The molecule has 0 fully saturated rings. The zero-order chi connectivity index (χ0) is 20.7. The second kappa shape index (κ2) is 9.97. The molecule has 0 radical (unpaired) electrons. The van der Waals surface area contributed by atoms with Gasteiger partial charge in [0.05, 0.1) is 17.1 Å². The van der Waals surface area contributed by atoms with Crippen LogP contribution in [0.5, 0.6) is 0 Å². The van der Waals surface area contributed by atoms with Crippen LogP contribution in [0.15, 0.2) is 64.4 Å². The maximum absolute atomic E-state index is 12.6. The molecular formula is C19H19N3O4S3. The molecular weight excluding hydrogens is 430 g/mol. The molecule has 7 nitrogen and oxygen atoms in total. The van der Waals surface area contributed by atoms with Gasteiger partial charge in [-0.05, 0) is 24.3 Å². The normalized spacial score (nSPS) is 11.3. The molecule has 152 valence electrons. The Morgan fingerprint density at radius 3 is 2.59 bits per heavy atom. The Labute approximate surface area is 177 Å². The van der Waals surface area contributed by atoms with Crippen molar-refractivity contribution >= 4 is 44.0 Å². The maximum Gasteiger partial charge on any atom is 0.258 e. The predicted octanol–water partition coefficient (Wildman–Crippen LogP) is 3.50. The second-order valence-electron chi connectivity index (χ2n) is 5.86. The first-order chi connectivity index (χ1) is 14.0. The highest BCUT2D eigenvalue weighted by atomic mass is 32.2. The number of nitrogens with zero attached hydrogens (tertiary/aromatic N) is 2. The van der Waals surface area contributed by atoms with E-state index in [4.69, 9.17) is 4.74 Å². The summed E-state index contributed by atoms with van der Waals surface area (Å²) < 4.78 is 30.0. The number of aromatic nitrogens is 2. The number of carbonyl (C=O) groups is 1. The van der Waals surface area contributed by atoms with Crippen molar-refractivity contribution in [2.45, 2.75) is 15.5 Å². The zero-order valence-corrected chi connectivity index (χ0v) is 18.0. The summed E-state index contributed by atoms with van der Waals surface area (Å²) in [5, 5.41) is 11.1. The largest absolute Gasteiger partial charge is 0.384 e. The van der Waals surface area contributed by atoms with E-state index in [2.05, 4.69) is 15.5 Å². The molecule has 29 heavy (non-hydrogen) atoms. The SMILES string of the molecule is COCCSc1ccccc1C(=O)Nc1nnc(CS(=O)(=O)c2ccccc2)s1. The molecule has 2 aromatic carbocycles. The summed E-state index contributed by atoms with van der Waals surface area (Å²) in [4.78, 5) is 13.7. The van der Waals surface area contributed by atoms with Crippen molar-refractivity contribution < 1.29 is 17.9 Å². The minimum atomic E-state index is -3.52. The summed E-state index contributed by atoms with van der Waals surface area (Å²) in [5.41, 5.74) is 0.516. The van der Waals surface area contributed by atoms with Gasteiger partial charge in [-0.3, -0.25) is 10.1 Å². The van der Waals surface area contributed by atoms with Crippen molar-refractivity contribution in [1.82, 2.24) is 10.2 Å². The van der Waals surface area contributed by atoms with E-state index in [0.29, 0.717) is 17.2 Å². The molecule has 10 heteroatoms. The summed E-state index contributed by atoms with van der Waals surface area (Å²) in [5.74, 6) is 0.133. The molecule has 0 saturated carbocycles. The lowest BCUT2D eigenvalue weighted by molar-refractivity contribution is 0.102. The fraction of sp³-hybridized carbons (Fsp3) is 0.211. The molecule has 0 aliphatic rings. The Morgan fingerprint density at radius 2 is 1.83 bits per heavy atom. The van der Waals surface area contributed by atoms with Crippen LogP contribution in [0.4, 0.5) is 5.13 Å². The minimum absolute atomic E-state index is 0.225. The lowest BCUT2D eigenvalue weighted by Gasteiger charge is -2.08. The molecule has 0 aliphatic heterocycles. The molecule has 0 aliphatic carbocycles. The third kappa shape index (κ3) is 5.86. The van der Waals surface area contributed by atoms with Crippen LogP contribution in [-0.4, -0.2) is 44.0 Å². The minimum Gasteiger partial charge on any atom is -0.384 e. The van der Waals surface area contributed by atoms with Gasteiger partial charge in [0.15, 0.2) is 9.84 Å². The molecule has 1 heterocycles. The average Bonchev–Trinajstić information content (AvgIpc) is 3.15. The van der Waals surface area contributed by atoms with Crippen molar-refractivity contribution in [3.63, 3.8) is 0 Å². The predicted molar refractivity (Wildman–Crippen MR) is 114 cm³/mol. The summed E-state index contributed by atoms with van der Waals surface area (Å²) in [7, 11) is -1.89. The van der Waals surface area contributed by atoms with E-state index in [-0.39, 0.29) is 21.7 Å². The topological polar surface area (TPSA) is 98.2 Å². The highest BCUT2D eigenvalue weighted by molar-refractivity contribution is 7.99. The summed E-state index contributed by atoms with van der Waals surface area (Å²) in [6.07, 6.45) is 0. The number of carbonyl (C=O) groups excluding carboxylic acids is 1. The number of rotatable bonds is 9. The second-order valence-corrected chi connectivity index (χ2v) is 10.1. The van der Waals surface area contributed by atoms with Crippen molar-refractivity contribution in [1.29, 1.82) is 0 Å². The molecule has 1 aromatic heterocycles. The van der Waals surface area contributed by atoms with Crippen molar-refractivity contribution in [3.8, 4) is 0 Å². The number of thioether (sulfide) groups is 1. The van der Waals surface area contributed by atoms with Crippen LogP contribution >= 0.6 is 23.1 Å². The number of hydrogen-bond donors (Lipinski definition) is 1. The molecule has 1 N–H and O–H groups in total. The molecule has 3 rings (SSSR count). The van der Waals surface area contributed by atoms with E-state index in [1.807, 2.05) is 12.1 Å². The van der Waals surface area contributed by atoms with Crippen LogP contribution in [0.2, 0.25) is 0 Å². The van der Waals surface area contributed by atoms with Gasteiger partial charge in [0, 0.05) is 17.8 Å². The molecule has 0 unspecified atom stereocenters. The van der Waals surface area contributed by atoms with E-state index in [1.165, 1.54) is 23.9 Å². The Hall–Kier alpha value is -2.27. The number of nitrogens with one attached hydrogen (secondary N) is 1. The zero-order valence-electron chi connectivity index (χ0n) is 15.6. The fourth-order valence-corrected chi connectivity index (χ4v) is 5.73. The maximum atomic E-state index is 12.6. The van der Waals surface area contributed by atoms with Gasteiger partial charge in [-0.15, -0.1) is 22.0 Å². The number of ether oxygens (including phenoxy) is 1. The standard InChI is InChI=1S/C19H19N3O4S3/c1-26-11-12-27-16-10-6-5-9-15(16)18(23)20-19-22-21-17(28-19)13-29(24,25)14-7-3-2-4-8-14/h2-10H,11-13H2,1H3,(H,20,22,23). The first kappa shape index (κ1) is 21.4. The quantitative estimate of drug-likeness (QED) is 0.394. The van der Waals surface area contributed by atoms with Gasteiger partial charge in [0.25, 0.3) is 5.91 Å². The first-order valence-electron chi connectivity index (χ1n) is 8.62. The molecule has 0 saturated heterocycles. The van der Waals surface area contributed by atoms with Gasteiger partial charge >= 0.3 is 0 Å². The highest BCUT2D eigenvalue weighted by Gasteiger charge is 2.19.